The minimum Gasteiger partial charge on any atom is -0.376 e. The predicted molar refractivity (Wildman–Crippen MR) is 89.0 cm³/mol. The second-order valence-corrected chi connectivity index (χ2v) is 6.21. The highest BCUT2D eigenvalue weighted by atomic mass is 32.1. The summed E-state index contributed by atoms with van der Waals surface area (Å²) in [6.07, 6.45) is 3.45. The lowest BCUT2D eigenvalue weighted by Crippen LogP contribution is -2.34. The van der Waals surface area contributed by atoms with Crippen molar-refractivity contribution >= 4 is 27.4 Å². The minimum atomic E-state index is 0.256. The van der Waals surface area contributed by atoms with E-state index in [2.05, 4.69) is 40.0 Å². The molecule has 112 valence electrons. The van der Waals surface area contributed by atoms with Gasteiger partial charge >= 0.3 is 0 Å². The second kappa shape index (κ2) is 6.91. The van der Waals surface area contributed by atoms with E-state index in [1.54, 1.807) is 11.3 Å². The number of hydrogen-bond donors (Lipinski definition) is 2. The fraction of sp³-hybridized carbons (Fsp3) is 0.438. The summed E-state index contributed by atoms with van der Waals surface area (Å²) in [6, 6.07) is 8.50. The van der Waals surface area contributed by atoms with E-state index in [0.717, 1.165) is 32.4 Å². The Morgan fingerprint density at radius 1 is 1.43 bits per heavy atom. The lowest BCUT2D eigenvalue weighted by Gasteiger charge is -2.08. The van der Waals surface area contributed by atoms with Crippen LogP contribution >= 0.6 is 11.3 Å². The molecule has 0 saturated carbocycles. The molecular weight excluding hydrogens is 282 g/mol. The molecule has 1 aliphatic rings. The molecule has 1 atom stereocenters. The Hall–Kier alpha value is -1.59. The van der Waals surface area contributed by atoms with Crippen molar-refractivity contribution in [1.82, 2.24) is 5.32 Å². The molecule has 3 N–H and O–H groups in total. The Labute approximate surface area is 129 Å². The van der Waals surface area contributed by atoms with Crippen LogP contribution in [-0.2, 0) is 11.2 Å². The monoisotopic (exact) mass is 303 g/mol. The van der Waals surface area contributed by atoms with Crippen LogP contribution in [0.25, 0.3) is 10.1 Å². The molecule has 1 aliphatic heterocycles. The van der Waals surface area contributed by atoms with Crippen LogP contribution in [0, 0.1) is 0 Å². The van der Waals surface area contributed by atoms with Crippen molar-refractivity contribution in [2.45, 2.75) is 25.4 Å². The zero-order valence-corrected chi connectivity index (χ0v) is 12.9. The van der Waals surface area contributed by atoms with E-state index in [0.29, 0.717) is 12.5 Å². The standard InChI is InChI=1S/C16H21N3OS/c17-16(19-10-13-4-3-9-20-13)18-8-7-12-11-21-15-6-2-1-5-14(12)15/h1-2,5-6,11,13H,3-4,7-10H2,(H3,17,18,19). The number of fused-ring (bicyclic) bond motifs is 1. The van der Waals surface area contributed by atoms with Crippen molar-refractivity contribution in [2.75, 3.05) is 19.7 Å². The SMILES string of the molecule is NC(=NCC1CCCO1)NCCc1csc2ccccc12. The van der Waals surface area contributed by atoms with Gasteiger partial charge in [-0.25, -0.2) is 0 Å². The Morgan fingerprint density at radius 3 is 3.19 bits per heavy atom. The van der Waals surface area contributed by atoms with Gasteiger partial charge in [-0.3, -0.25) is 4.99 Å². The third-order valence-electron chi connectivity index (χ3n) is 3.75. The summed E-state index contributed by atoms with van der Waals surface area (Å²) in [5.74, 6) is 0.519. The van der Waals surface area contributed by atoms with Gasteiger partial charge in [0.05, 0.1) is 12.6 Å². The van der Waals surface area contributed by atoms with Crippen LogP contribution < -0.4 is 11.1 Å². The number of guanidine groups is 1. The van der Waals surface area contributed by atoms with Crippen molar-refractivity contribution in [1.29, 1.82) is 0 Å². The summed E-state index contributed by atoms with van der Waals surface area (Å²) >= 11 is 1.79. The summed E-state index contributed by atoms with van der Waals surface area (Å²) in [6.45, 7) is 2.33. The molecule has 0 spiro atoms. The predicted octanol–water partition coefficient (Wildman–Crippen LogP) is 2.53. The number of rotatable bonds is 5. The van der Waals surface area contributed by atoms with Crippen molar-refractivity contribution in [3.63, 3.8) is 0 Å². The number of nitrogens with zero attached hydrogens (tertiary/aromatic N) is 1. The molecule has 0 amide bonds. The van der Waals surface area contributed by atoms with Crippen LogP contribution in [0.1, 0.15) is 18.4 Å². The van der Waals surface area contributed by atoms with E-state index >= 15 is 0 Å². The minimum absolute atomic E-state index is 0.256. The Bertz CT molecular complexity index is 617. The molecular formula is C16H21N3OS. The van der Waals surface area contributed by atoms with E-state index < -0.39 is 0 Å². The number of hydrogen-bond acceptors (Lipinski definition) is 3. The average molecular weight is 303 g/mol. The highest BCUT2D eigenvalue weighted by molar-refractivity contribution is 7.17. The van der Waals surface area contributed by atoms with E-state index in [1.165, 1.54) is 15.6 Å². The molecule has 0 bridgehead atoms. The van der Waals surface area contributed by atoms with E-state index in [-0.39, 0.29) is 6.10 Å². The van der Waals surface area contributed by atoms with Crippen LogP contribution in [0.5, 0.6) is 0 Å². The molecule has 2 aromatic rings. The third kappa shape index (κ3) is 3.74. The van der Waals surface area contributed by atoms with Gasteiger partial charge in [-0.2, -0.15) is 0 Å². The maximum Gasteiger partial charge on any atom is 0.188 e. The van der Waals surface area contributed by atoms with Crippen molar-refractivity contribution < 1.29 is 4.74 Å². The Balaban J connectivity index is 1.47. The molecule has 2 heterocycles. The summed E-state index contributed by atoms with van der Waals surface area (Å²) in [4.78, 5) is 4.35. The van der Waals surface area contributed by atoms with Gasteiger partial charge in [0.2, 0.25) is 0 Å². The highest BCUT2D eigenvalue weighted by Crippen LogP contribution is 2.25. The van der Waals surface area contributed by atoms with Gasteiger partial charge in [0.15, 0.2) is 5.96 Å². The molecule has 1 aromatic carbocycles. The van der Waals surface area contributed by atoms with Crippen molar-refractivity contribution in [3.8, 4) is 0 Å². The van der Waals surface area contributed by atoms with E-state index in [1.807, 2.05) is 0 Å². The van der Waals surface area contributed by atoms with Gasteiger partial charge in [-0.15, -0.1) is 11.3 Å². The quantitative estimate of drug-likeness (QED) is 0.659. The topological polar surface area (TPSA) is 59.6 Å². The summed E-state index contributed by atoms with van der Waals surface area (Å²) in [5, 5.41) is 6.76. The largest absolute Gasteiger partial charge is 0.376 e. The number of benzene rings is 1. The number of aliphatic imine (C=N–C) groups is 1. The van der Waals surface area contributed by atoms with Crippen molar-refractivity contribution in [2.24, 2.45) is 10.7 Å². The van der Waals surface area contributed by atoms with Gasteiger partial charge in [-0.1, -0.05) is 18.2 Å². The normalized spacial score (nSPS) is 19.2. The first-order chi connectivity index (χ1) is 10.3. The number of thiophene rings is 1. The average Bonchev–Trinajstić information content (AvgIpc) is 3.15. The maximum absolute atomic E-state index is 5.89. The van der Waals surface area contributed by atoms with Crippen LogP contribution in [0.4, 0.5) is 0 Å². The molecule has 0 aliphatic carbocycles. The van der Waals surface area contributed by atoms with Gasteiger partial charge in [0, 0.05) is 17.9 Å². The number of nitrogens with one attached hydrogen (secondary N) is 1. The molecule has 1 unspecified atom stereocenters. The molecule has 21 heavy (non-hydrogen) atoms. The fourth-order valence-electron chi connectivity index (χ4n) is 2.60. The summed E-state index contributed by atoms with van der Waals surface area (Å²) in [5.41, 5.74) is 7.26. The first-order valence-corrected chi connectivity index (χ1v) is 8.31. The maximum atomic E-state index is 5.89. The zero-order valence-electron chi connectivity index (χ0n) is 12.0. The number of nitrogens with two attached hydrogens (primary N) is 1. The van der Waals surface area contributed by atoms with Gasteiger partial charge in [0.1, 0.15) is 0 Å². The van der Waals surface area contributed by atoms with Crippen LogP contribution in [0.15, 0.2) is 34.6 Å². The summed E-state index contributed by atoms with van der Waals surface area (Å²) < 4.78 is 6.87. The van der Waals surface area contributed by atoms with Crippen LogP contribution in [0.3, 0.4) is 0 Å². The Kier molecular flexibility index (Phi) is 4.72. The third-order valence-corrected chi connectivity index (χ3v) is 4.76. The molecule has 5 heteroatoms. The van der Waals surface area contributed by atoms with Crippen LogP contribution in [-0.4, -0.2) is 31.8 Å². The van der Waals surface area contributed by atoms with E-state index in [4.69, 9.17) is 10.5 Å². The highest BCUT2D eigenvalue weighted by Gasteiger charge is 2.14. The zero-order chi connectivity index (χ0) is 14.5. The lowest BCUT2D eigenvalue weighted by atomic mass is 10.1. The molecule has 4 nitrogen and oxygen atoms in total. The second-order valence-electron chi connectivity index (χ2n) is 5.29. The summed E-state index contributed by atoms with van der Waals surface area (Å²) in [7, 11) is 0. The number of ether oxygens (including phenoxy) is 1. The van der Waals surface area contributed by atoms with Gasteiger partial charge < -0.3 is 15.8 Å². The first kappa shape index (κ1) is 14.4. The molecule has 3 rings (SSSR count). The van der Waals surface area contributed by atoms with E-state index in [9.17, 15) is 0 Å². The van der Waals surface area contributed by atoms with Gasteiger partial charge in [0.25, 0.3) is 0 Å². The Morgan fingerprint density at radius 2 is 2.33 bits per heavy atom. The van der Waals surface area contributed by atoms with Crippen molar-refractivity contribution in [3.05, 3.63) is 35.2 Å². The molecule has 1 saturated heterocycles. The molecule has 1 aromatic heterocycles. The molecule has 1 fully saturated rings. The fourth-order valence-corrected chi connectivity index (χ4v) is 3.59. The van der Waals surface area contributed by atoms with Gasteiger partial charge in [-0.05, 0) is 41.7 Å². The first-order valence-electron chi connectivity index (χ1n) is 7.43. The smallest absolute Gasteiger partial charge is 0.188 e. The van der Waals surface area contributed by atoms with Crippen LogP contribution in [0.2, 0.25) is 0 Å². The molecule has 0 radical (unpaired) electrons. The lowest BCUT2D eigenvalue weighted by molar-refractivity contribution is 0.118.